The number of likely N-dealkylation sites (tertiary alicyclic amines) is 1. The molecular weight excluding hydrogens is 442 g/mol. The van der Waals surface area contributed by atoms with Gasteiger partial charge in [-0.2, -0.15) is 0 Å². The average Bonchev–Trinajstić information content (AvgIpc) is 3.35. The normalized spacial score (nSPS) is 17.9. The second-order valence-corrected chi connectivity index (χ2v) is 9.52. The first kappa shape index (κ1) is 24.7. The van der Waals surface area contributed by atoms with Crippen molar-refractivity contribution >= 4 is 23.5 Å². The summed E-state index contributed by atoms with van der Waals surface area (Å²) >= 11 is 0. The molecule has 0 bridgehead atoms. The molecule has 8 nitrogen and oxygen atoms in total. The van der Waals surface area contributed by atoms with Crippen molar-refractivity contribution in [3.8, 4) is 0 Å². The fourth-order valence-electron chi connectivity index (χ4n) is 4.91. The highest BCUT2D eigenvalue weighted by atomic mass is 16.2. The Balaban J connectivity index is 1.22. The molecule has 186 valence electrons. The van der Waals surface area contributed by atoms with E-state index >= 15 is 0 Å². The predicted octanol–water partition coefficient (Wildman–Crippen LogP) is 3.02. The first-order chi connectivity index (χ1) is 17.0. The highest BCUT2D eigenvalue weighted by Gasteiger charge is 2.43. The smallest absolute Gasteiger partial charge is 0.315 e. The number of amides is 4. The molecule has 35 heavy (non-hydrogen) atoms. The molecule has 0 unspecified atom stereocenters. The molecule has 1 aliphatic carbocycles. The van der Waals surface area contributed by atoms with Crippen molar-refractivity contribution in [3.05, 3.63) is 66.2 Å². The van der Waals surface area contributed by atoms with Gasteiger partial charge in [0.05, 0.1) is 6.54 Å². The van der Waals surface area contributed by atoms with Crippen LogP contribution in [0.3, 0.4) is 0 Å². The number of hydrogen-bond donors (Lipinski definition) is 4. The zero-order chi connectivity index (χ0) is 24.5. The van der Waals surface area contributed by atoms with Gasteiger partial charge in [-0.1, -0.05) is 61.4 Å². The van der Waals surface area contributed by atoms with E-state index < -0.39 is 5.54 Å². The van der Waals surface area contributed by atoms with Crippen LogP contribution in [0, 0.1) is 0 Å². The third-order valence-electron chi connectivity index (χ3n) is 6.89. The minimum atomic E-state index is -0.854. The van der Waals surface area contributed by atoms with Crippen LogP contribution in [0.1, 0.15) is 44.1 Å². The summed E-state index contributed by atoms with van der Waals surface area (Å²) in [5.41, 5.74) is 0.951. The second kappa shape index (κ2) is 11.8. The lowest BCUT2D eigenvalue weighted by molar-refractivity contribution is -0.128. The molecule has 1 saturated heterocycles. The number of carbonyl (C=O) groups excluding carboxylic acids is 3. The molecule has 1 aliphatic heterocycles. The summed E-state index contributed by atoms with van der Waals surface area (Å²) < 4.78 is 0. The SMILES string of the molecule is O=C(CN1CCC(NC(=O)C2(NC(=O)NCc3ccccc3)CCCC2)CC1)Nc1ccccc1. The molecule has 0 aromatic heterocycles. The van der Waals surface area contributed by atoms with Gasteiger partial charge >= 0.3 is 6.03 Å². The monoisotopic (exact) mass is 477 g/mol. The molecule has 4 rings (SSSR count). The summed E-state index contributed by atoms with van der Waals surface area (Å²) in [5, 5.41) is 12.0. The minimum absolute atomic E-state index is 0.0330. The number of rotatable bonds is 8. The van der Waals surface area contributed by atoms with Crippen LogP contribution in [0.4, 0.5) is 10.5 Å². The van der Waals surface area contributed by atoms with Crippen molar-refractivity contribution in [2.45, 2.75) is 56.7 Å². The van der Waals surface area contributed by atoms with Gasteiger partial charge in [0.25, 0.3) is 0 Å². The van der Waals surface area contributed by atoms with Crippen LogP contribution in [0.25, 0.3) is 0 Å². The number of anilines is 1. The van der Waals surface area contributed by atoms with Gasteiger partial charge < -0.3 is 21.3 Å². The summed E-state index contributed by atoms with van der Waals surface area (Å²) in [7, 11) is 0. The molecule has 1 saturated carbocycles. The fourth-order valence-corrected chi connectivity index (χ4v) is 4.91. The van der Waals surface area contributed by atoms with Crippen molar-refractivity contribution in [1.29, 1.82) is 0 Å². The maximum Gasteiger partial charge on any atom is 0.315 e. The number of nitrogens with one attached hydrogen (secondary N) is 4. The Kier molecular flexibility index (Phi) is 8.36. The molecular formula is C27H35N5O3. The van der Waals surface area contributed by atoms with E-state index in [0.29, 0.717) is 25.9 Å². The minimum Gasteiger partial charge on any atom is -0.351 e. The van der Waals surface area contributed by atoms with Crippen molar-refractivity contribution in [3.63, 3.8) is 0 Å². The first-order valence-electron chi connectivity index (χ1n) is 12.5. The molecule has 0 radical (unpaired) electrons. The van der Waals surface area contributed by atoms with E-state index in [-0.39, 0.29) is 23.9 Å². The second-order valence-electron chi connectivity index (χ2n) is 9.52. The first-order valence-corrected chi connectivity index (χ1v) is 12.5. The van der Waals surface area contributed by atoms with Crippen LogP contribution in [0.5, 0.6) is 0 Å². The van der Waals surface area contributed by atoms with E-state index in [0.717, 1.165) is 50.0 Å². The van der Waals surface area contributed by atoms with Gasteiger partial charge in [-0.3, -0.25) is 14.5 Å². The quantitative estimate of drug-likeness (QED) is 0.469. The van der Waals surface area contributed by atoms with Gasteiger partial charge in [0.15, 0.2) is 0 Å². The molecule has 8 heteroatoms. The van der Waals surface area contributed by atoms with Crippen LogP contribution < -0.4 is 21.3 Å². The number of hydrogen-bond acceptors (Lipinski definition) is 4. The Bertz CT molecular complexity index is 984. The summed E-state index contributed by atoms with van der Waals surface area (Å²) in [6.45, 7) is 2.24. The lowest BCUT2D eigenvalue weighted by Gasteiger charge is -2.35. The average molecular weight is 478 g/mol. The molecule has 0 spiro atoms. The van der Waals surface area contributed by atoms with E-state index in [1.807, 2.05) is 60.7 Å². The van der Waals surface area contributed by atoms with Crippen LogP contribution in [-0.2, 0) is 16.1 Å². The maximum absolute atomic E-state index is 13.3. The van der Waals surface area contributed by atoms with Crippen molar-refractivity contribution in [2.24, 2.45) is 0 Å². The van der Waals surface area contributed by atoms with Crippen LogP contribution >= 0.6 is 0 Å². The van der Waals surface area contributed by atoms with E-state index in [9.17, 15) is 14.4 Å². The Labute approximate surface area is 206 Å². The molecule has 0 atom stereocenters. The van der Waals surface area contributed by atoms with Crippen LogP contribution in [0.15, 0.2) is 60.7 Å². The van der Waals surface area contributed by atoms with E-state index in [1.54, 1.807) is 0 Å². The largest absolute Gasteiger partial charge is 0.351 e. The number of benzene rings is 2. The highest BCUT2D eigenvalue weighted by Crippen LogP contribution is 2.30. The van der Waals surface area contributed by atoms with E-state index in [1.165, 1.54) is 0 Å². The Morgan fingerprint density at radius 1 is 0.886 bits per heavy atom. The Morgan fingerprint density at radius 3 is 2.17 bits per heavy atom. The zero-order valence-corrected chi connectivity index (χ0v) is 20.1. The van der Waals surface area contributed by atoms with Crippen molar-refractivity contribution in [2.75, 3.05) is 25.0 Å². The number of carbonyl (C=O) groups is 3. The lowest BCUT2D eigenvalue weighted by atomic mass is 9.94. The lowest BCUT2D eigenvalue weighted by Crippen LogP contribution is -2.61. The van der Waals surface area contributed by atoms with Gasteiger partial charge in [0, 0.05) is 31.4 Å². The third kappa shape index (κ3) is 7.05. The molecule has 2 fully saturated rings. The van der Waals surface area contributed by atoms with Gasteiger partial charge in [0.1, 0.15) is 5.54 Å². The number of piperidine rings is 1. The van der Waals surface area contributed by atoms with E-state index in [2.05, 4.69) is 26.2 Å². The van der Waals surface area contributed by atoms with Crippen LogP contribution in [0.2, 0.25) is 0 Å². The highest BCUT2D eigenvalue weighted by molar-refractivity contribution is 5.92. The van der Waals surface area contributed by atoms with Crippen LogP contribution in [-0.4, -0.2) is 54.0 Å². The summed E-state index contributed by atoms with van der Waals surface area (Å²) in [4.78, 5) is 40.3. The summed E-state index contributed by atoms with van der Waals surface area (Å²) in [6.07, 6.45) is 4.69. The zero-order valence-electron chi connectivity index (χ0n) is 20.1. The third-order valence-corrected chi connectivity index (χ3v) is 6.89. The molecule has 2 aliphatic rings. The molecule has 2 aromatic carbocycles. The molecule has 4 N–H and O–H groups in total. The van der Waals surface area contributed by atoms with E-state index in [4.69, 9.17) is 0 Å². The van der Waals surface area contributed by atoms with Gasteiger partial charge in [-0.25, -0.2) is 4.79 Å². The van der Waals surface area contributed by atoms with Gasteiger partial charge in [0.2, 0.25) is 11.8 Å². The van der Waals surface area contributed by atoms with Gasteiger partial charge in [-0.15, -0.1) is 0 Å². The molecule has 2 aromatic rings. The number of urea groups is 1. The van der Waals surface area contributed by atoms with Crippen molar-refractivity contribution < 1.29 is 14.4 Å². The fraction of sp³-hybridized carbons (Fsp3) is 0.444. The molecule has 1 heterocycles. The number of nitrogens with zero attached hydrogens (tertiary/aromatic N) is 1. The predicted molar refractivity (Wildman–Crippen MR) is 136 cm³/mol. The molecule has 4 amide bonds. The topological polar surface area (TPSA) is 103 Å². The Hall–Kier alpha value is -3.39. The summed E-state index contributed by atoms with van der Waals surface area (Å²) in [5.74, 6) is -0.126. The number of para-hydroxylation sites is 1. The van der Waals surface area contributed by atoms with Crippen molar-refractivity contribution in [1.82, 2.24) is 20.9 Å². The standard InChI is InChI=1S/C27H35N5O3/c33-24(29-22-11-5-2-6-12-22)20-32-17-13-23(14-18-32)30-25(34)27(15-7-8-16-27)31-26(35)28-19-21-9-3-1-4-10-21/h1-6,9-12,23H,7-8,13-20H2,(H,29,33)(H,30,34)(H2,28,31,35). The maximum atomic E-state index is 13.3. The Morgan fingerprint density at radius 2 is 1.51 bits per heavy atom. The van der Waals surface area contributed by atoms with Gasteiger partial charge in [-0.05, 0) is 43.4 Å². The summed E-state index contributed by atoms with van der Waals surface area (Å²) in [6, 6.07) is 18.9.